The minimum absolute atomic E-state index is 0.477. The minimum Gasteiger partial charge on any atom is -0.493 e. The van der Waals surface area contributed by atoms with Gasteiger partial charge < -0.3 is 4.74 Å². The number of hydrogen-bond donors (Lipinski definition) is 1. The first-order valence-electron chi connectivity index (χ1n) is 5.52. The van der Waals surface area contributed by atoms with Gasteiger partial charge in [-0.3, -0.25) is 5.32 Å². The van der Waals surface area contributed by atoms with Crippen LogP contribution in [-0.2, 0) is 13.0 Å². The molecule has 1 heterocycles. The summed E-state index contributed by atoms with van der Waals surface area (Å²) in [6.45, 7) is 5.26. The summed E-state index contributed by atoms with van der Waals surface area (Å²) in [5, 5.41) is 12.1. The van der Waals surface area contributed by atoms with E-state index in [1.807, 2.05) is 26.0 Å². The fourth-order valence-electron chi connectivity index (χ4n) is 1.71. The number of benzene rings is 1. The first-order chi connectivity index (χ1) is 7.61. The lowest BCUT2D eigenvalue weighted by Crippen LogP contribution is -2.36. The third kappa shape index (κ3) is 2.34. The molecule has 0 aromatic heterocycles. The highest BCUT2D eigenvalue weighted by Crippen LogP contribution is 2.25. The molecule has 0 amide bonds. The van der Waals surface area contributed by atoms with Gasteiger partial charge in [0.25, 0.3) is 0 Å². The van der Waals surface area contributed by atoms with Crippen molar-refractivity contribution < 1.29 is 4.74 Å². The second-order valence-corrected chi connectivity index (χ2v) is 4.63. The lowest BCUT2D eigenvalue weighted by Gasteiger charge is -2.17. The maximum Gasteiger partial charge on any atom is 0.122 e. The van der Waals surface area contributed by atoms with Crippen LogP contribution in [0.25, 0.3) is 0 Å². The lowest BCUT2D eigenvalue weighted by atomic mass is 10.1. The van der Waals surface area contributed by atoms with Gasteiger partial charge >= 0.3 is 0 Å². The molecule has 3 heteroatoms. The second kappa shape index (κ2) is 4.15. The number of nitrogens with one attached hydrogen (secondary N) is 1. The van der Waals surface area contributed by atoms with E-state index in [2.05, 4.69) is 17.5 Å². The van der Waals surface area contributed by atoms with Crippen LogP contribution in [0.2, 0.25) is 0 Å². The summed E-state index contributed by atoms with van der Waals surface area (Å²) in [6.07, 6.45) is 0.991. The molecule has 1 N–H and O–H groups in total. The Balaban J connectivity index is 2.04. The number of nitrogens with zero attached hydrogens (tertiary/aromatic N) is 1. The Morgan fingerprint density at radius 2 is 2.31 bits per heavy atom. The molecule has 0 unspecified atom stereocenters. The molecule has 2 rings (SSSR count). The van der Waals surface area contributed by atoms with Crippen LogP contribution in [0.15, 0.2) is 18.2 Å². The molecule has 0 saturated heterocycles. The van der Waals surface area contributed by atoms with Crippen molar-refractivity contribution in [1.82, 2.24) is 5.32 Å². The van der Waals surface area contributed by atoms with Crippen molar-refractivity contribution in [2.45, 2.75) is 32.4 Å². The highest BCUT2D eigenvalue weighted by molar-refractivity contribution is 5.39. The molecule has 0 aliphatic carbocycles. The van der Waals surface area contributed by atoms with E-state index in [0.717, 1.165) is 18.8 Å². The van der Waals surface area contributed by atoms with Crippen molar-refractivity contribution in [3.63, 3.8) is 0 Å². The van der Waals surface area contributed by atoms with Gasteiger partial charge in [-0.05, 0) is 31.0 Å². The third-order valence-corrected chi connectivity index (χ3v) is 2.77. The standard InChI is InChI=1S/C13H16N2O/c1-13(2,9-14)15-8-10-3-4-12-11(7-10)5-6-16-12/h3-4,7,15H,5-6,8H2,1-2H3. The molecule has 1 aromatic carbocycles. The zero-order valence-corrected chi connectivity index (χ0v) is 9.71. The zero-order valence-electron chi connectivity index (χ0n) is 9.71. The molecular weight excluding hydrogens is 200 g/mol. The predicted molar refractivity (Wildman–Crippen MR) is 62.2 cm³/mol. The fraction of sp³-hybridized carbons (Fsp3) is 0.462. The number of ether oxygens (including phenoxy) is 1. The summed E-state index contributed by atoms with van der Waals surface area (Å²) in [5.74, 6) is 1.00. The molecular formula is C13H16N2O. The largest absolute Gasteiger partial charge is 0.493 e. The summed E-state index contributed by atoms with van der Waals surface area (Å²) in [7, 11) is 0. The van der Waals surface area contributed by atoms with E-state index in [1.54, 1.807) is 0 Å². The van der Waals surface area contributed by atoms with Gasteiger partial charge in [0.15, 0.2) is 0 Å². The van der Waals surface area contributed by atoms with Crippen LogP contribution in [0.3, 0.4) is 0 Å². The van der Waals surface area contributed by atoms with Crippen molar-refractivity contribution in [2.24, 2.45) is 0 Å². The predicted octanol–water partition coefficient (Wildman–Crippen LogP) is 2.01. The molecule has 84 valence electrons. The van der Waals surface area contributed by atoms with E-state index in [1.165, 1.54) is 11.1 Å². The van der Waals surface area contributed by atoms with E-state index in [-0.39, 0.29) is 0 Å². The maximum absolute atomic E-state index is 8.89. The summed E-state index contributed by atoms with van der Waals surface area (Å²) >= 11 is 0. The van der Waals surface area contributed by atoms with Gasteiger partial charge in [0.2, 0.25) is 0 Å². The molecule has 0 fully saturated rings. The first-order valence-corrected chi connectivity index (χ1v) is 5.52. The van der Waals surface area contributed by atoms with Gasteiger partial charge in [-0.1, -0.05) is 12.1 Å². The Morgan fingerprint density at radius 1 is 1.50 bits per heavy atom. The van der Waals surface area contributed by atoms with Crippen LogP contribution in [-0.4, -0.2) is 12.1 Å². The molecule has 3 nitrogen and oxygen atoms in total. The number of rotatable bonds is 3. The lowest BCUT2D eigenvalue weighted by molar-refractivity contribution is 0.357. The minimum atomic E-state index is -0.477. The first kappa shape index (κ1) is 11.0. The highest BCUT2D eigenvalue weighted by atomic mass is 16.5. The number of fused-ring (bicyclic) bond motifs is 1. The smallest absolute Gasteiger partial charge is 0.122 e. The maximum atomic E-state index is 8.89. The average Bonchev–Trinajstić information content (AvgIpc) is 2.73. The summed E-state index contributed by atoms with van der Waals surface area (Å²) in [6, 6.07) is 8.44. The molecule has 1 aromatic rings. The molecule has 0 saturated carbocycles. The number of nitriles is 1. The quantitative estimate of drug-likeness (QED) is 0.840. The van der Waals surface area contributed by atoms with Gasteiger partial charge in [0.05, 0.1) is 12.7 Å². The SMILES string of the molecule is CC(C)(C#N)NCc1ccc2c(c1)CCO2. The average molecular weight is 216 g/mol. The zero-order chi connectivity index (χ0) is 11.6. The van der Waals surface area contributed by atoms with Crippen LogP contribution < -0.4 is 10.1 Å². The van der Waals surface area contributed by atoms with Crippen LogP contribution in [0.4, 0.5) is 0 Å². The van der Waals surface area contributed by atoms with Crippen molar-refractivity contribution in [3.8, 4) is 11.8 Å². The monoisotopic (exact) mass is 216 g/mol. The van der Waals surface area contributed by atoms with Gasteiger partial charge in [0.1, 0.15) is 11.3 Å². The van der Waals surface area contributed by atoms with E-state index in [9.17, 15) is 0 Å². The Kier molecular flexibility index (Phi) is 2.84. The summed E-state index contributed by atoms with van der Waals surface area (Å²) in [4.78, 5) is 0. The summed E-state index contributed by atoms with van der Waals surface area (Å²) < 4.78 is 5.45. The van der Waals surface area contributed by atoms with Crippen molar-refractivity contribution >= 4 is 0 Å². The van der Waals surface area contributed by atoms with Gasteiger partial charge in [-0.2, -0.15) is 5.26 Å². The van der Waals surface area contributed by atoms with Crippen LogP contribution in [0.1, 0.15) is 25.0 Å². The number of hydrogen-bond acceptors (Lipinski definition) is 3. The van der Waals surface area contributed by atoms with Crippen LogP contribution >= 0.6 is 0 Å². The Labute approximate surface area is 96.0 Å². The van der Waals surface area contributed by atoms with Crippen molar-refractivity contribution in [2.75, 3.05) is 6.61 Å². The highest BCUT2D eigenvalue weighted by Gasteiger charge is 2.16. The Hall–Kier alpha value is -1.53. The molecule has 0 spiro atoms. The molecule has 0 bridgehead atoms. The van der Waals surface area contributed by atoms with E-state index >= 15 is 0 Å². The van der Waals surface area contributed by atoms with Crippen LogP contribution in [0, 0.1) is 11.3 Å². The summed E-state index contributed by atoms with van der Waals surface area (Å²) in [5.41, 5.74) is 2.00. The molecule has 0 radical (unpaired) electrons. The Morgan fingerprint density at radius 3 is 3.06 bits per heavy atom. The molecule has 0 atom stereocenters. The second-order valence-electron chi connectivity index (χ2n) is 4.63. The van der Waals surface area contributed by atoms with Crippen molar-refractivity contribution in [1.29, 1.82) is 5.26 Å². The van der Waals surface area contributed by atoms with E-state index < -0.39 is 5.54 Å². The van der Waals surface area contributed by atoms with E-state index in [4.69, 9.17) is 10.00 Å². The van der Waals surface area contributed by atoms with Gasteiger partial charge in [0, 0.05) is 13.0 Å². The topological polar surface area (TPSA) is 45.0 Å². The molecule has 1 aliphatic heterocycles. The normalized spacial score (nSPS) is 14.1. The van der Waals surface area contributed by atoms with Gasteiger partial charge in [-0.25, -0.2) is 0 Å². The molecule has 16 heavy (non-hydrogen) atoms. The third-order valence-electron chi connectivity index (χ3n) is 2.77. The fourth-order valence-corrected chi connectivity index (χ4v) is 1.71. The Bertz CT molecular complexity index is 432. The van der Waals surface area contributed by atoms with Crippen LogP contribution in [0.5, 0.6) is 5.75 Å². The molecule has 1 aliphatic rings. The van der Waals surface area contributed by atoms with Crippen molar-refractivity contribution in [3.05, 3.63) is 29.3 Å². The van der Waals surface area contributed by atoms with Gasteiger partial charge in [-0.15, -0.1) is 0 Å². The van der Waals surface area contributed by atoms with E-state index in [0.29, 0.717) is 6.54 Å².